The Balaban J connectivity index is 1.72. The standard InChI is InChI=1S/C23H32O7/c1-11-8-15(24)20(26)22(4)13(11)9-16-21(3)14(10-23(30-16)28-6-7-29-23)12(2)18(27-5)17(25)19(21)22/h11,13-14,16,19-20,26H,6-10H2,1-5H3/t11-,13+,14+,16-,19+,20-,21-,22+/m1/s1. The van der Waals surface area contributed by atoms with E-state index in [1.54, 1.807) is 0 Å². The summed E-state index contributed by atoms with van der Waals surface area (Å²) in [4.78, 5) is 26.6. The minimum absolute atomic E-state index is 0.0362. The summed E-state index contributed by atoms with van der Waals surface area (Å²) >= 11 is 0. The van der Waals surface area contributed by atoms with E-state index in [-0.39, 0.29) is 35.4 Å². The third kappa shape index (κ3) is 2.30. The smallest absolute Gasteiger partial charge is 0.283 e. The van der Waals surface area contributed by atoms with Crippen LogP contribution in [0.1, 0.15) is 47.0 Å². The van der Waals surface area contributed by atoms with Gasteiger partial charge in [0.05, 0.1) is 26.4 Å². The average molecular weight is 421 g/mol. The van der Waals surface area contributed by atoms with E-state index in [2.05, 4.69) is 6.92 Å². The summed E-state index contributed by atoms with van der Waals surface area (Å²) in [6.07, 6.45) is -0.0135. The number of carbonyl (C=O) groups is 2. The van der Waals surface area contributed by atoms with Crippen molar-refractivity contribution in [2.24, 2.45) is 34.5 Å². The van der Waals surface area contributed by atoms with Crippen molar-refractivity contribution >= 4 is 11.6 Å². The van der Waals surface area contributed by atoms with Gasteiger partial charge in [0, 0.05) is 29.6 Å². The summed E-state index contributed by atoms with van der Waals surface area (Å²) in [6.45, 7) is 8.94. The molecule has 3 aliphatic carbocycles. The molecule has 30 heavy (non-hydrogen) atoms. The maximum Gasteiger partial charge on any atom is 0.283 e. The minimum atomic E-state index is -1.17. The van der Waals surface area contributed by atoms with Crippen LogP contribution in [0.25, 0.3) is 0 Å². The summed E-state index contributed by atoms with van der Waals surface area (Å²) in [5.41, 5.74) is -0.585. The largest absolute Gasteiger partial charge is 0.493 e. The van der Waals surface area contributed by atoms with Gasteiger partial charge < -0.3 is 24.1 Å². The van der Waals surface area contributed by atoms with Crippen LogP contribution in [0.2, 0.25) is 0 Å². The van der Waals surface area contributed by atoms with Gasteiger partial charge in [-0.25, -0.2) is 0 Å². The molecule has 2 aliphatic heterocycles. The summed E-state index contributed by atoms with van der Waals surface area (Å²) in [7, 11) is 1.52. The molecule has 166 valence electrons. The Morgan fingerprint density at radius 2 is 1.80 bits per heavy atom. The second-order valence-corrected chi connectivity index (χ2v) is 10.4. The van der Waals surface area contributed by atoms with E-state index < -0.39 is 28.8 Å². The molecule has 2 saturated carbocycles. The number of Topliss-reactive ketones (excluding diaryl/α,β-unsaturated/α-hetero) is 2. The van der Waals surface area contributed by atoms with Crippen molar-refractivity contribution in [3.63, 3.8) is 0 Å². The van der Waals surface area contributed by atoms with Crippen molar-refractivity contribution in [2.45, 2.75) is 65.1 Å². The van der Waals surface area contributed by atoms with Crippen LogP contribution < -0.4 is 0 Å². The highest BCUT2D eigenvalue weighted by molar-refractivity contribution is 5.99. The van der Waals surface area contributed by atoms with Crippen LogP contribution >= 0.6 is 0 Å². The quantitative estimate of drug-likeness (QED) is 0.695. The number of ether oxygens (including phenoxy) is 4. The topological polar surface area (TPSA) is 91.3 Å². The maximum absolute atomic E-state index is 13.8. The predicted octanol–water partition coefficient (Wildman–Crippen LogP) is 2.21. The van der Waals surface area contributed by atoms with Gasteiger partial charge in [0.2, 0.25) is 5.78 Å². The van der Waals surface area contributed by atoms with Crippen LogP contribution in [-0.4, -0.2) is 55.2 Å². The van der Waals surface area contributed by atoms with Gasteiger partial charge in [-0.1, -0.05) is 20.8 Å². The summed E-state index contributed by atoms with van der Waals surface area (Å²) < 4.78 is 24.0. The molecule has 0 amide bonds. The lowest BCUT2D eigenvalue weighted by Crippen LogP contribution is -2.72. The van der Waals surface area contributed by atoms with E-state index in [4.69, 9.17) is 18.9 Å². The monoisotopic (exact) mass is 420 g/mol. The Morgan fingerprint density at radius 3 is 2.43 bits per heavy atom. The Bertz CT molecular complexity index is 827. The van der Waals surface area contributed by atoms with Crippen LogP contribution in [0, 0.1) is 34.5 Å². The van der Waals surface area contributed by atoms with E-state index in [1.165, 1.54) is 7.11 Å². The fraction of sp³-hybridized carbons (Fsp3) is 0.826. The number of hydrogen-bond donors (Lipinski definition) is 1. The molecule has 2 heterocycles. The molecule has 0 aromatic rings. The van der Waals surface area contributed by atoms with Crippen molar-refractivity contribution < 1.29 is 33.6 Å². The molecular formula is C23H32O7. The van der Waals surface area contributed by atoms with Gasteiger partial charge in [0.15, 0.2) is 11.5 Å². The van der Waals surface area contributed by atoms with Crippen molar-refractivity contribution in [3.05, 3.63) is 11.3 Å². The van der Waals surface area contributed by atoms with Crippen LogP contribution in [0.4, 0.5) is 0 Å². The minimum Gasteiger partial charge on any atom is -0.493 e. The molecule has 7 nitrogen and oxygen atoms in total. The number of ketones is 2. The molecule has 5 aliphatic rings. The number of allylic oxidation sites excluding steroid dienone is 2. The molecule has 7 heteroatoms. The molecule has 0 unspecified atom stereocenters. The first-order chi connectivity index (χ1) is 14.1. The highest BCUT2D eigenvalue weighted by Crippen LogP contribution is 2.69. The van der Waals surface area contributed by atoms with E-state index in [9.17, 15) is 14.7 Å². The SMILES string of the molecule is COC1=C(C)[C@@H]2CC3(OCCO3)O[C@@H]3C[C@H]4[C@H](C)CC(=O)[C@@H](O)[C@]4(C)[C@@H](C1=O)[C@@]32C. The van der Waals surface area contributed by atoms with Crippen molar-refractivity contribution in [1.29, 1.82) is 0 Å². The zero-order valence-corrected chi connectivity index (χ0v) is 18.4. The third-order valence-electron chi connectivity index (χ3n) is 9.13. The van der Waals surface area contributed by atoms with Crippen LogP contribution in [0.15, 0.2) is 11.3 Å². The van der Waals surface area contributed by atoms with Gasteiger partial charge in [0.1, 0.15) is 6.10 Å². The van der Waals surface area contributed by atoms with E-state index >= 15 is 0 Å². The van der Waals surface area contributed by atoms with Gasteiger partial charge in [-0.05, 0) is 36.7 Å². The van der Waals surface area contributed by atoms with Crippen molar-refractivity contribution in [3.8, 4) is 0 Å². The first-order valence-electron chi connectivity index (χ1n) is 11.1. The highest BCUT2D eigenvalue weighted by atomic mass is 16.9. The normalized spacial score (nSPS) is 49.8. The molecule has 1 N–H and O–H groups in total. The lowest BCUT2D eigenvalue weighted by Gasteiger charge is -2.67. The number of fused-ring (bicyclic) bond motifs is 2. The zero-order valence-electron chi connectivity index (χ0n) is 18.4. The molecule has 5 rings (SSSR count). The van der Waals surface area contributed by atoms with E-state index in [0.717, 1.165) is 5.57 Å². The van der Waals surface area contributed by atoms with Gasteiger partial charge in [-0.15, -0.1) is 0 Å². The van der Waals surface area contributed by atoms with Crippen LogP contribution in [-0.2, 0) is 28.5 Å². The predicted molar refractivity (Wildman–Crippen MR) is 105 cm³/mol. The second-order valence-electron chi connectivity index (χ2n) is 10.4. The summed E-state index contributed by atoms with van der Waals surface area (Å²) in [6, 6.07) is 0. The first kappa shape index (κ1) is 20.6. The summed E-state index contributed by atoms with van der Waals surface area (Å²) in [5, 5.41) is 11.2. The number of aliphatic hydroxyl groups is 1. The number of hydrogen-bond acceptors (Lipinski definition) is 7. The van der Waals surface area contributed by atoms with Gasteiger partial charge >= 0.3 is 0 Å². The molecule has 1 spiro atoms. The molecule has 0 radical (unpaired) electrons. The van der Waals surface area contributed by atoms with Gasteiger partial charge in [-0.2, -0.15) is 0 Å². The zero-order chi connectivity index (χ0) is 21.6. The van der Waals surface area contributed by atoms with Crippen molar-refractivity contribution in [1.82, 2.24) is 0 Å². The molecule has 0 bridgehead atoms. The fourth-order valence-electron chi connectivity index (χ4n) is 7.82. The molecule has 4 fully saturated rings. The second kappa shape index (κ2) is 6.37. The average Bonchev–Trinajstić information content (AvgIpc) is 3.13. The van der Waals surface area contributed by atoms with E-state index in [1.807, 2.05) is 20.8 Å². The molecular weight excluding hydrogens is 388 g/mol. The number of aliphatic hydroxyl groups excluding tert-OH is 1. The van der Waals surface area contributed by atoms with Crippen molar-refractivity contribution in [2.75, 3.05) is 20.3 Å². The Kier molecular flexibility index (Phi) is 4.38. The molecule has 0 aromatic carbocycles. The number of methoxy groups -OCH3 is 1. The Morgan fingerprint density at radius 1 is 1.13 bits per heavy atom. The molecule has 2 saturated heterocycles. The van der Waals surface area contributed by atoms with Crippen LogP contribution in [0.5, 0.6) is 0 Å². The number of rotatable bonds is 1. The van der Waals surface area contributed by atoms with Gasteiger partial charge in [-0.3, -0.25) is 9.59 Å². The summed E-state index contributed by atoms with van der Waals surface area (Å²) in [5.74, 6) is -1.70. The Labute approximate surface area is 177 Å². The lowest BCUT2D eigenvalue weighted by atomic mass is 9.39. The maximum atomic E-state index is 13.8. The van der Waals surface area contributed by atoms with Gasteiger partial charge in [0.25, 0.3) is 5.97 Å². The Hall–Kier alpha value is -1.28. The van der Waals surface area contributed by atoms with E-state index in [0.29, 0.717) is 38.2 Å². The highest BCUT2D eigenvalue weighted by Gasteiger charge is 2.73. The van der Waals surface area contributed by atoms with Crippen LogP contribution in [0.3, 0.4) is 0 Å². The molecule has 8 atom stereocenters. The molecule has 0 aromatic heterocycles. The first-order valence-corrected chi connectivity index (χ1v) is 11.1. The number of carbonyl (C=O) groups excluding carboxylic acids is 2. The lowest BCUT2D eigenvalue weighted by molar-refractivity contribution is -0.409. The third-order valence-corrected chi connectivity index (χ3v) is 9.13. The fourth-order valence-corrected chi connectivity index (χ4v) is 7.82.